The Morgan fingerprint density at radius 1 is 1.00 bits per heavy atom. The molecule has 0 saturated heterocycles. The molecule has 0 bridgehead atoms. The Labute approximate surface area is 209 Å². The van der Waals surface area contributed by atoms with Crippen molar-refractivity contribution in [1.29, 1.82) is 10.5 Å². The average Bonchev–Trinajstić information content (AvgIpc) is 3.26. The number of hydrogen-bond acceptors (Lipinski definition) is 5. The van der Waals surface area contributed by atoms with Gasteiger partial charge in [0.1, 0.15) is 18.2 Å². The van der Waals surface area contributed by atoms with Crippen molar-refractivity contribution in [2.75, 3.05) is 5.01 Å². The molecule has 0 radical (unpaired) electrons. The van der Waals surface area contributed by atoms with Gasteiger partial charge < -0.3 is 10.3 Å². The van der Waals surface area contributed by atoms with Crippen LogP contribution in [0, 0.1) is 42.4 Å². The van der Waals surface area contributed by atoms with Gasteiger partial charge in [-0.05, 0) is 72.3 Å². The van der Waals surface area contributed by atoms with Gasteiger partial charge in [0.25, 0.3) is 0 Å². The Bertz CT molecular complexity index is 1340. The number of rotatable bonds is 4. The topological polar surface area (TPSA) is 94.1 Å². The van der Waals surface area contributed by atoms with Gasteiger partial charge in [-0.1, -0.05) is 34.1 Å². The largest absolute Gasteiger partial charge is 0.317 e. The number of para-hydroxylation sites is 1. The molecule has 0 aliphatic carbocycles. The molecule has 6 nitrogen and oxygen atoms in total. The smallest absolute Gasteiger partial charge is 0.127 e. The highest BCUT2D eigenvalue weighted by atomic mass is 79.9. The summed E-state index contributed by atoms with van der Waals surface area (Å²) in [5, 5.41) is 26.0. The first-order valence-electron chi connectivity index (χ1n) is 10.2. The van der Waals surface area contributed by atoms with Crippen LogP contribution in [0.4, 0.5) is 5.69 Å². The Morgan fingerprint density at radius 2 is 1.67 bits per heavy atom. The van der Waals surface area contributed by atoms with Crippen LogP contribution in [0.2, 0.25) is 0 Å². The molecule has 0 amide bonds. The Morgan fingerprint density at radius 3 is 2.27 bits per heavy atom. The van der Waals surface area contributed by atoms with E-state index in [1.165, 1.54) is 0 Å². The summed E-state index contributed by atoms with van der Waals surface area (Å²) in [6.07, 6.45) is 1.11. The highest BCUT2D eigenvalue weighted by Gasteiger charge is 2.37. The maximum atomic E-state index is 10.0. The molecule has 2 atom stereocenters. The van der Waals surface area contributed by atoms with Gasteiger partial charge in [0.05, 0.1) is 23.0 Å². The minimum Gasteiger partial charge on any atom is -0.317 e. The Kier molecular flexibility index (Phi) is 6.53. The summed E-state index contributed by atoms with van der Waals surface area (Å²) >= 11 is 7.17. The lowest BCUT2D eigenvalue weighted by molar-refractivity contribution is 0.624. The van der Waals surface area contributed by atoms with Crippen LogP contribution in [-0.4, -0.2) is 16.4 Å². The van der Waals surface area contributed by atoms with Gasteiger partial charge in [-0.3, -0.25) is 0 Å². The molecule has 1 aliphatic rings. The zero-order valence-corrected chi connectivity index (χ0v) is 21.2. The zero-order valence-electron chi connectivity index (χ0n) is 18.0. The standard InChI is InChI=1S/C25H20Br2N6/c1-15-21(23(27)16(2)32(15)19-10-8-18(26)9-11-19)12-17(13-28)24-22(14-29)25(30)33(31-24)20-6-4-3-5-7-20/h3-12,22,25H,30H2,1-2H3/b17-12-/t22-,25-/m0/s1. The first kappa shape index (κ1) is 23.0. The van der Waals surface area contributed by atoms with Crippen molar-refractivity contribution in [2.24, 2.45) is 16.8 Å². The zero-order chi connectivity index (χ0) is 23.7. The summed E-state index contributed by atoms with van der Waals surface area (Å²) in [4.78, 5) is 0. The van der Waals surface area contributed by atoms with Crippen molar-refractivity contribution >= 4 is 49.3 Å². The van der Waals surface area contributed by atoms with Gasteiger partial charge in [-0.15, -0.1) is 0 Å². The van der Waals surface area contributed by atoms with E-state index >= 15 is 0 Å². The second kappa shape index (κ2) is 9.36. The number of hydrazone groups is 1. The molecular weight excluding hydrogens is 544 g/mol. The first-order valence-corrected chi connectivity index (χ1v) is 11.8. The van der Waals surface area contributed by atoms with Crippen LogP contribution in [0.5, 0.6) is 0 Å². The number of aromatic nitrogens is 1. The fourth-order valence-corrected chi connectivity index (χ4v) is 4.84. The summed E-state index contributed by atoms with van der Waals surface area (Å²) in [6, 6.07) is 21.9. The minimum atomic E-state index is -0.732. The molecule has 2 aromatic carbocycles. The van der Waals surface area contributed by atoms with Crippen LogP contribution < -0.4 is 10.7 Å². The molecule has 0 saturated carbocycles. The summed E-state index contributed by atoms with van der Waals surface area (Å²) in [5.74, 6) is -0.732. The maximum Gasteiger partial charge on any atom is 0.127 e. The molecular formula is C25H20Br2N6. The van der Waals surface area contributed by atoms with Crippen molar-refractivity contribution < 1.29 is 0 Å². The highest BCUT2D eigenvalue weighted by molar-refractivity contribution is 9.10. The summed E-state index contributed by atoms with van der Waals surface area (Å²) < 4.78 is 4.00. The fraction of sp³-hybridized carbons (Fsp3) is 0.160. The third-order valence-corrected chi connectivity index (χ3v) is 7.21. The molecule has 3 aromatic rings. The van der Waals surface area contributed by atoms with E-state index in [4.69, 9.17) is 5.73 Å². The van der Waals surface area contributed by atoms with E-state index in [-0.39, 0.29) is 0 Å². The number of halogens is 2. The molecule has 0 fully saturated rings. The number of nitrogens with two attached hydrogens (primary N) is 1. The lowest BCUT2D eigenvalue weighted by Gasteiger charge is -2.21. The second-order valence-corrected chi connectivity index (χ2v) is 9.35. The number of benzene rings is 2. The van der Waals surface area contributed by atoms with Crippen molar-refractivity contribution in [3.8, 4) is 17.8 Å². The summed E-state index contributed by atoms with van der Waals surface area (Å²) in [7, 11) is 0. The molecule has 33 heavy (non-hydrogen) atoms. The van der Waals surface area contributed by atoms with Gasteiger partial charge in [0.15, 0.2) is 0 Å². The monoisotopic (exact) mass is 562 g/mol. The normalized spacial score (nSPS) is 18.1. The van der Waals surface area contributed by atoms with Gasteiger partial charge in [0, 0.05) is 31.6 Å². The van der Waals surface area contributed by atoms with E-state index < -0.39 is 12.1 Å². The minimum absolute atomic E-state index is 0.312. The van der Waals surface area contributed by atoms with Crippen molar-refractivity contribution in [2.45, 2.75) is 20.0 Å². The van der Waals surface area contributed by atoms with Crippen LogP contribution in [0.3, 0.4) is 0 Å². The van der Waals surface area contributed by atoms with E-state index in [0.29, 0.717) is 11.3 Å². The third kappa shape index (κ3) is 4.14. The van der Waals surface area contributed by atoms with Crippen molar-refractivity contribution in [3.05, 3.63) is 86.1 Å². The molecule has 4 rings (SSSR count). The van der Waals surface area contributed by atoms with Gasteiger partial charge >= 0.3 is 0 Å². The number of anilines is 1. The first-order chi connectivity index (χ1) is 15.9. The molecule has 1 aromatic heterocycles. The number of hydrogen-bond donors (Lipinski definition) is 1. The van der Waals surface area contributed by atoms with E-state index in [9.17, 15) is 10.5 Å². The quantitative estimate of drug-likeness (QED) is 0.404. The van der Waals surface area contributed by atoms with Crippen LogP contribution in [0.15, 0.2) is 74.2 Å². The lowest BCUT2D eigenvalue weighted by Crippen LogP contribution is -2.40. The predicted molar refractivity (Wildman–Crippen MR) is 138 cm³/mol. The van der Waals surface area contributed by atoms with Gasteiger partial charge in [-0.2, -0.15) is 15.6 Å². The molecule has 8 heteroatoms. The summed E-state index contributed by atoms with van der Waals surface area (Å²) in [5.41, 5.74) is 11.6. The van der Waals surface area contributed by atoms with E-state index in [0.717, 1.165) is 37.3 Å². The van der Waals surface area contributed by atoms with Crippen LogP contribution >= 0.6 is 31.9 Å². The van der Waals surface area contributed by atoms with Crippen molar-refractivity contribution in [3.63, 3.8) is 0 Å². The third-order valence-electron chi connectivity index (χ3n) is 5.68. The predicted octanol–water partition coefficient (Wildman–Crippen LogP) is 5.83. The fourth-order valence-electron chi connectivity index (χ4n) is 3.99. The molecule has 1 aliphatic heterocycles. The average molecular weight is 564 g/mol. The lowest BCUT2D eigenvalue weighted by atomic mass is 9.95. The van der Waals surface area contributed by atoms with E-state index in [2.05, 4.69) is 53.7 Å². The van der Waals surface area contributed by atoms with E-state index in [1.807, 2.05) is 68.4 Å². The van der Waals surface area contributed by atoms with Gasteiger partial charge in [0.2, 0.25) is 0 Å². The second-order valence-electron chi connectivity index (χ2n) is 7.64. The number of allylic oxidation sites excluding steroid dienone is 1. The van der Waals surface area contributed by atoms with Crippen LogP contribution in [-0.2, 0) is 0 Å². The molecule has 164 valence electrons. The summed E-state index contributed by atoms with van der Waals surface area (Å²) in [6.45, 7) is 4.02. The Balaban J connectivity index is 1.81. The van der Waals surface area contributed by atoms with Crippen LogP contribution in [0.25, 0.3) is 11.8 Å². The molecule has 0 spiro atoms. The maximum absolute atomic E-state index is 10.0. The van der Waals surface area contributed by atoms with Gasteiger partial charge in [-0.25, -0.2) is 5.01 Å². The van der Waals surface area contributed by atoms with Crippen LogP contribution in [0.1, 0.15) is 17.0 Å². The van der Waals surface area contributed by atoms with Crippen molar-refractivity contribution in [1.82, 2.24) is 4.57 Å². The number of nitrogens with zero attached hydrogens (tertiary/aromatic N) is 5. The molecule has 0 unspecified atom stereocenters. The molecule has 2 heterocycles. The molecule has 2 N–H and O–H groups in total. The Hall–Kier alpha value is -3.17. The number of nitriles is 2. The highest BCUT2D eigenvalue weighted by Crippen LogP contribution is 2.34. The SMILES string of the molecule is Cc1c(Br)c(/C=C(/C#N)C2=NN(c3ccccc3)[C@H](N)[C@H]2C#N)c(C)n1-c1ccc(Br)cc1. The van der Waals surface area contributed by atoms with E-state index in [1.54, 1.807) is 11.1 Å².